The van der Waals surface area contributed by atoms with Crippen LogP contribution in [0.1, 0.15) is 16.9 Å². The molecule has 1 aliphatic rings. The molecule has 2 heterocycles. The average molecular weight is 314 g/mol. The number of aryl methyl sites for hydroxylation is 1. The molecule has 1 fully saturated rings. The molecule has 0 bridgehead atoms. The minimum atomic E-state index is 0.0951. The summed E-state index contributed by atoms with van der Waals surface area (Å²) in [5.41, 5.74) is 0.732. The van der Waals surface area contributed by atoms with Gasteiger partial charge in [-0.3, -0.25) is 4.79 Å². The van der Waals surface area contributed by atoms with Crippen molar-refractivity contribution in [1.82, 2.24) is 14.4 Å². The van der Waals surface area contributed by atoms with Crippen LogP contribution in [-0.2, 0) is 7.05 Å². The quantitative estimate of drug-likeness (QED) is 0.851. The number of amides is 1. The highest BCUT2D eigenvalue weighted by Gasteiger charge is 2.24. The SMILES string of the molecule is CN1CCC(CN(C)C(=O)c2cc(Br)cn2C)C1. The lowest BCUT2D eigenvalue weighted by Gasteiger charge is -2.21. The minimum absolute atomic E-state index is 0.0951. The summed E-state index contributed by atoms with van der Waals surface area (Å²) in [5, 5.41) is 0. The van der Waals surface area contributed by atoms with Gasteiger partial charge in [-0.15, -0.1) is 0 Å². The molecule has 0 aromatic carbocycles. The fourth-order valence-corrected chi connectivity index (χ4v) is 3.10. The number of hydrogen-bond acceptors (Lipinski definition) is 2. The maximum atomic E-state index is 12.3. The minimum Gasteiger partial charge on any atom is -0.345 e. The van der Waals surface area contributed by atoms with E-state index in [-0.39, 0.29) is 5.91 Å². The average Bonchev–Trinajstić information content (AvgIpc) is 2.84. The van der Waals surface area contributed by atoms with Gasteiger partial charge in [0.2, 0.25) is 0 Å². The number of carbonyl (C=O) groups is 1. The van der Waals surface area contributed by atoms with Crippen molar-refractivity contribution in [2.45, 2.75) is 6.42 Å². The summed E-state index contributed by atoms with van der Waals surface area (Å²) in [6.45, 7) is 3.07. The molecule has 1 aliphatic heterocycles. The van der Waals surface area contributed by atoms with Crippen molar-refractivity contribution in [3.63, 3.8) is 0 Å². The van der Waals surface area contributed by atoms with Crippen molar-refractivity contribution in [2.75, 3.05) is 33.7 Å². The van der Waals surface area contributed by atoms with Gasteiger partial charge >= 0.3 is 0 Å². The van der Waals surface area contributed by atoms with Crippen LogP contribution in [0.3, 0.4) is 0 Å². The van der Waals surface area contributed by atoms with Crippen molar-refractivity contribution < 1.29 is 4.79 Å². The molecule has 1 aromatic rings. The molecule has 1 atom stereocenters. The van der Waals surface area contributed by atoms with E-state index in [1.807, 2.05) is 35.8 Å². The molecule has 4 nitrogen and oxygen atoms in total. The molecule has 2 rings (SSSR count). The second kappa shape index (κ2) is 5.45. The summed E-state index contributed by atoms with van der Waals surface area (Å²) in [6.07, 6.45) is 3.09. The maximum Gasteiger partial charge on any atom is 0.270 e. The molecular weight excluding hydrogens is 294 g/mol. The molecule has 1 saturated heterocycles. The van der Waals surface area contributed by atoms with Gasteiger partial charge in [0.1, 0.15) is 5.69 Å². The van der Waals surface area contributed by atoms with Crippen LogP contribution in [-0.4, -0.2) is 54.0 Å². The van der Waals surface area contributed by atoms with Crippen molar-refractivity contribution in [3.8, 4) is 0 Å². The van der Waals surface area contributed by atoms with E-state index >= 15 is 0 Å². The van der Waals surface area contributed by atoms with Crippen LogP contribution < -0.4 is 0 Å². The van der Waals surface area contributed by atoms with Crippen LogP contribution >= 0.6 is 15.9 Å². The highest BCUT2D eigenvalue weighted by Crippen LogP contribution is 2.18. The highest BCUT2D eigenvalue weighted by molar-refractivity contribution is 9.10. The summed E-state index contributed by atoms with van der Waals surface area (Å²) >= 11 is 3.40. The lowest BCUT2D eigenvalue weighted by molar-refractivity contribution is 0.0764. The van der Waals surface area contributed by atoms with Gasteiger partial charge in [-0.2, -0.15) is 0 Å². The molecule has 0 aliphatic carbocycles. The molecule has 0 N–H and O–H groups in total. The van der Waals surface area contributed by atoms with Gasteiger partial charge in [0.25, 0.3) is 5.91 Å². The van der Waals surface area contributed by atoms with Crippen LogP contribution in [0.4, 0.5) is 0 Å². The third-order valence-corrected chi connectivity index (χ3v) is 3.99. The molecule has 18 heavy (non-hydrogen) atoms. The van der Waals surface area contributed by atoms with E-state index in [4.69, 9.17) is 0 Å². The molecule has 1 amide bonds. The predicted octanol–water partition coefficient (Wildman–Crippen LogP) is 1.81. The fraction of sp³-hybridized carbons (Fsp3) is 0.615. The molecular formula is C13H20BrN3O. The van der Waals surface area contributed by atoms with Crippen molar-refractivity contribution in [1.29, 1.82) is 0 Å². The topological polar surface area (TPSA) is 28.5 Å². The Balaban J connectivity index is 1.98. The number of aromatic nitrogens is 1. The number of hydrogen-bond donors (Lipinski definition) is 0. The lowest BCUT2D eigenvalue weighted by atomic mass is 10.1. The van der Waals surface area contributed by atoms with E-state index < -0.39 is 0 Å². The normalized spacial score (nSPS) is 20.3. The maximum absolute atomic E-state index is 12.3. The van der Waals surface area contributed by atoms with Gasteiger partial charge in [0.15, 0.2) is 0 Å². The largest absolute Gasteiger partial charge is 0.345 e. The molecule has 100 valence electrons. The van der Waals surface area contributed by atoms with Crippen molar-refractivity contribution >= 4 is 21.8 Å². The van der Waals surface area contributed by atoms with Gasteiger partial charge in [0, 0.05) is 37.9 Å². The Bertz CT molecular complexity index is 443. The van der Waals surface area contributed by atoms with Crippen LogP contribution in [0.5, 0.6) is 0 Å². The summed E-state index contributed by atoms with van der Waals surface area (Å²) in [7, 11) is 5.92. The first-order valence-corrected chi connectivity index (χ1v) is 7.02. The molecule has 1 unspecified atom stereocenters. The summed E-state index contributed by atoms with van der Waals surface area (Å²) in [4.78, 5) is 16.5. The Morgan fingerprint density at radius 3 is 2.78 bits per heavy atom. The van der Waals surface area contributed by atoms with E-state index in [9.17, 15) is 4.79 Å². The zero-order chi connectivity index (χ0) is 13.3. The van der Waals surface area contributed by atoms with Crippen LogP contribution in [0.2, 0.25) is 0 Å². The standard InChI is InChI=1S/C13H20BrN3O/c1-15-5-4-10(7-15)8-17(3)13(18)12-6-11(14)9-16(12)2/h6,9-10H,4-5,7-8H2,1-3H3. The predicted molar refractivity (Wildman–Crippen MR) is 75.7 cm³/mol. The third-order valence-electron chi connectivity index (χ3n) is 3.56. The number of halogens is 1. The Kier molecular flexibility index (Phi) is 4.12. The van der Waals surface area contributed by atoms with E-state index in [2.05, 4.69) is 27.9 Å². The molecule has 1 aromatic heterocycles. The van der Waals surface area contributed by atoms with E-state index in [0.717, 1.165) is 29.8 Å². The molecule has 5 heteroatoms. The Morgan fingerprint density at radius 2 is 2.28 bits per heavy atom. The van der Waals surface area contributed by atoms with Crippen LogP contribution in [0.15, 0.2) is 16.7 Å². The number of carbonyl (C=O) groups excluding carboxylic acids is 1. The number of likely N-dealkylation sites (tertiary alicyclic amines) is 1. The van der Waals surface area contributed by atoms with Crippen molar-refractivity contribution in [3.05, 3.63) is 22.4 Å². The molecule has 0 radical (unpaired) electrons. The summed E-state index contributed by atoms with van der Waals surface area (Å²) in [5.74, 6) is 0.699. The second-order valence-electron chi connectivity index (χ2n) is 5.26. The monoisotopic (exact) mass is 313 g/mol. The first-order valence-electron chi connectivity index (χ1n) is 6.23. The van der Waals surface area contributed by atoms with Gasteiger partial charge in [-0.25, -0.2) is 0 Å². The van der Waals surface area contributed by atoms with Gasteiger partial charge in [-0.1, -0.05) is 0 Å². The van der Waals surface area contributed by atoms with Crippen LogP contribution in [0.25, 0.3) is 0 Å². The lowest BCUT2D eigenvalue weighted by Crippen LogP contribution is -2.33. The zero-order valence-corrected chi connectivity index (χ0v) is 12.8. The smallest absolute Gasteiger partial charge is 0.270 e. The number of rotatable bonds is 3. The number of nitrogens with zero attached hydrogens (tertiary/aromatic N) is 3. The summed E-state index contributed by atoms with van der Waals surface area (Å²) < 4.78 is 2.81. The second-order valence-corrected chi connectivity index (χ2v) is 6.17. The Hall–Kier alpha value is -0.810. The first-order chi connectivity index (χ1) is 8.47. The Morgan fingerprint density at radius 1 is 1.56 bits per heavy atom. The molecule has 0 saturated carbocycles. The van der Waals surface area contributed by atoms with E-state index in [1.165, 1.54) is 6.42 Å². The van der Waals surface area contributed by atoms with E-state index in [1.54, 1.807) is 0 Å². The van der Waals surface area contributed by atoms with Gasteiger partial charge < -0.3 is 14.4 Å². The highest BCUT2D eigenvalue weighted by atomic mass is 79.9. The van der Waals surface area contributed by atoms with E-state index in [0.29, 0.717) is 5.92 Å². The third kappa shape index (κ3) is 2.95. The Labute approximate surface area is 117 Å². The van der Waals surface area contributed by atoms with Gasteiger partial charge in [0.05, 0.1) is 0 Å². The zero-order valence-electron chi connectivity index (χ0n) is 11.2. The first kappa shape index (κ1) is 13.6. The van der Waals surface area contributed by atoms with Crippen molar-refractivity contribution in [2.24, 2.45) is 13.0 Å². The molecule has 0 spiro atoms. The fourth-order valence-electron chi connectivity index (χ4n) is 2.58. The summed E-state index contributed by atoms with van der Waals surface area (Å²) in [6, 6.07) is 1.87. The van der Waals surface area contributed by atoms with Crippen LogP contribution in [0, 0.1) is 5.92 Å². The van der Waals surface area contributed by atoms with Gasteiger partial charge in [-0.05, 0) is 47.9 Å².